The van der Waals surface area contributed by atoms with Gasteiger partial charge in [0.15, 0.2) is 0 Å². The van der Waals surface area contributed by atoms with Gasteiger partial charge in [-0.1, -0.05) is 6.92 Å². The van der Waals surface area contributed by atoms with Crippen molar-refractivity contribution in [3.63, 3.8) is 0 Å². The topological polar surface area (TPSA) is 130 Å². The molecule has 0 spiro atoms. The molecule has 0 saturated carbocycles. The summed E-state index contributed by atoms with van der Waals surface area (Å²) >= 11 is 0. The number of carboxylic acids is 1. The summed E-state index contributed by atoms with van der Waals surface area (Å²) in [4.78, 5) is 21.6. The number of carboxylic acid groups (broad SMARTS) is 1. The fourth-order valence-corrected chi connectivity index (χ4v) is 2.21. The highest BCUT2D eigenvalue weighted by atomic mass is 32.2. The van der Waals surface area contributed by atoms with E-state index in [-0.39, 0.29) is 11.4 Å². The van der Waals surface area contributed by atoms with E-state index in [1.165, 1.54) is 0 Å². The molecule has 0 radical (unpaired) electrons. The smallest absolute Gasteiger partial charge is 0.325 e. The number of aliphatic carboxylic acids is 1. The van der Waals surface area contributed by atoms with Crippen LogP contribution in [0.25, 0.3) is 0 Å². The maximum Gasteiger partial charge on any atom is 0.325 e. The van der Waals surface area contributed by atoms with E-state index in [1.807, 2.05) is 6.92 Å². The average molecular weight is 304 g/mol. The van der Waals surface area contributed by atoms with Gasteiger partial charge in [0.05, 0.1) is 12.7 Å². The second kappa shape index (κ2) is 7.01. The van der Waals surface area contributed by atoms with Gasteiger partial charge in [-0.25, -0.2) is 13.1 Å². The number of hydrogen-bond acceptors (Lipinski definition) is 5. The normalized spacial score (nSPS) is 11.2. The first kappa shape index (κ1) is 16.1. The third-order valence-corrected chi connectivity index (χ3v) is 3.57. The van der Waals surface area contributed by atoms with Gasteiger partial charge in [0.25, 0.3) is 0 Å². The molecular weight excluding hydrogens is 288 g/mol. The molecule has 0 atom stereocenters. The van der Waals surface area contributed by atoms with Crippen molar-refractivity contribution in [3.8, 4) is 0 Å². The Labute approximate surface area is 116 Å². The summed E-state index contributed by atoms with van der Waals surface area (Å²) in [6.07, 6.45) is 2.86. The molecule has 0 aliphatic heterocycles. The van der Waals surface area contributed by atoms with E-state index in [4.69, 9.17) is 5.11 Å². The van der Waals surface area contributed by atoms with Crippen molar-refractivity contribution in [2.24, 2.45) is 0 Å². The number of nitrogens with one attached hydrogen (secondary N) is 2. The minimum absolute atomic E-state index is 0.193. The first-order chi connectivity index (χ1) is 9.35. The minimum atomic E-state index is -3.88. The van der Waals surface area contributed by atoms with Gasteiger partial charge in [0.2, 0.25) is 15.9 Å². The SMILES string of the molecule is CCCNC(=O)CNS(=O)(=O)c1cnn(CC(=O)O)c1. The quantitative estimate of drug-likeness (QED) is 0.551. The van der Waals surface area contributed by atoms with Crippen LogP contribution in [0, 0.1) is 0 Å². The van der Waals surface area contributed by atoms with Crippen LogP contribution in [-0.2, 0) is 26.2 Å². The van der Waals surface area contributed by atoms with Crippen LogP contribution in [0.2, 0.25) is 0 Å². The molecule has 1 aromatic rings. The Morgan fingerprint density at radius 1 is 1.45 bits per heavy atom. The van der Waals surface area contributed by atoms with Gasteiger partial charge in [-0.2, -0.15) is 5.10 Å². The van der Waals surface area contributed by atoms with Gasteiger partial charge < -0.3 is 10.4 Å². The van der Waals surface area contributed by atoms with Crippen LogP contribution >= 0.6 is 0 Å². The Kier molecular flexibility index (Phi) is 5.65. The zero-order valence-corrected chi connectivity index (χ0v) is 11.7. The molecule has 3 N–H and O–H groups in total. The summed E-state index contributed by atoms with van der Waals surface area (Å²) < 4.78 is 26.7. The van der Waals surface area contributed by atoms with Crippen molar-refractivity contribution in [1.29, 1.82) is 0 Å². The second-order valence-corrected chi connectivity index (χ2v) is 5.71. The molecule has 0 fully saturated rings. The molecular formula is C10H16N4O5S. The van der Waals surface area contributed by atoms with Crippen molar-refractivity contribution < 1.29 is 23.1 Å². The maximum atomic E-state index is 11.8. The highest BCUT2D eigenvalue weighted by Crippen LogP contribution is 2.06. The Bertz CT molecular complexity index is 580. The average Bonchev–Trinajstić information content (AvgIpc) is 2.82. The van der Waals surface area contributed by atoms with E-state index in [0.29, 0.717) is 6.54 Å². The Hall–Kier alpha value is -1.94. The number of amides is 1. The molecule has 0 saturated heterocycles. The van der Waals surface area contributed by atoms with Crippen LogP contribution in [0.1, 0.15) is 13.3 Å². The van der Waals surface area contributed by atoms with E-state index in [2.05, 4.69) is 15.1 Å². The van der Waals surface area contributed by atoms with Crippen LogP contribution < -0.4 is 10.0 Å². The van der Waals surface area contributed by atoms with Crippen molar-refractivity contribution in [2.45, 2.75) is 24.8 Å². The summed E-state index contributed by atoms with van der Waals surface area (Å²) in [6, 6.07) is 0. The molecule has 0 aromatic carbocycles. The molecule has 112 valence electrons. The Balaban J connectivity index is 2.62. The second-order valence-electron chi connectivity index (χ2n) is 3.94. The molecule has 0 bridgehead atoms. The van der Waals surface area contributed by atoms with Crippen LogP contribution in [0.4, 0.5) is 0 Å². The monoisotopic (exact) mass is 304 g/mol. The van der Waals surface area contributed by atoms with Crippen LogP contribution in [-0.4, -0.2) is 48.3 Å². The summed E-state index contributed by atoms with van der Waals surface area (Å²) in [5.74, 6) is -1.57. The van der Waals surface area contributed by atoms with E-state index in [9.17, 15) is 18.0 Å². The lowest BCUT2D eigenvalue weighted by atomic mass is 10.5. The van der Waals surface area contributed by atoms with E-state index >= 15 is 0 Å². The molecule has 1 heterocycles. The largest absolute Gasteiger partial charge is 0.480 e. The molecule has 0 aliphatic carbocycles. The molecule has 0 unspecified atom stereocenters. The molecule has 9 nitrogen and oxygen atoms in total. The van der Waals surface area contributed by atoms with Crippen LogP contribution in [0.15, 0.2) is 17.3 Å². The van der Waals surface area contributed by atoms with Gasteiger partial charge in [-0.15, -0.1) is 0 Å². The number of rotatable bonds is 8. The van der Waals surface area contributed by atoms with Gasteiger partial charge >= 0.3 is 5.97 Å². The lowest BCUT2D eigenvalue weighted by Gasteiger charge is -2.05. The number of carbonyl (C=O) groups is 2. The number of nitrogens with zero attached hydrogens (tertiary/aromatic N) is 2. The van der Waals surface area contributed by atoms with Crippen LogP contribution in [0.5, 0.6) is 0 Å². The zero-order valence-electron chi connectivity index (χ0n) is 10.9. The molecule has 20 heavy (non-hydrogen) atoms. The number of sulfonamides is 1. The maximum absolute atomic E-state index is 11.8. The fraction of sp³-hybridized carbons (Fsp3) is 0.500. The molecule has 1 rings (SSSR count). The summed E-state index contributed by atoms with van der Waals surface area (Å²) in [6.45, 7) is 1.53. The standard InChI is InChI=1S/C10H16N4O5S/c1-2-3-11-9(15)5-13-20(18,19)8-4-12-14(6-8)7-10(16)17/h4,6,13H,2-3,5,7H2,1H3,(H,11,15)(H,16,17). The molecule has 1 aromatic heterocycles. The lowest BCUT2D eigenvalue weighted by molar-refractivity contribution is -0.137. The van der Waals surface area contributed by atoms with Gasteiger partial charge in [-0.05, 0) is 6.42 Å². The fourth-order valence-electron chi connectivity index (χ4n) is 1.28. The third kappa shape index (κ3) is 4.97. The number of carbonyl (C=O) groups excluding carboxylic acids is 1. The predicted molar refractivity (Wildman–Crippen MR) is 68.4 cm³/mol. The van der Waals surface area contributed by atoms with Crippen LogP contribution in [0.3, 0.4) is 0 Å². The van der Waals surface area contributed by atoms with Gasteiger partial charge in [0.1, 0.15) is 11.4 Å². The van der Waals surface area contributed by atoms with Crippen molar-refractivity contribution in [2.75, 3.05) is 13.1 Å². The van der Waals surface area contributed by atoms with Crippen molar-refractivity contribution in [1.82, 2.24) is 19.8 Å². The lowest BCUT2D eigenvalue weighted by Crippen LogP contribution is -2.37. The third-order valence-electron chi connectivity index (χ3n) is 2.21. The molecule has 10 heteroatoms. The van der Waals surface area contributed by atoms with Gasteiger partial charge in [-0.3, -0.25) is 14.3 Å². The minimum Gasteiger partial charge on any atom is -0.480 e. The highest BCUT2D eigenvalue weighted by Gasteiger charge is 2.18. The number of aromatic nitrogens is 2. The van der Waals surface area contributed by atoms with Crippen molar-refractivity contribution in [3.05, 3.63) is 12.4 Å². The summed E-state index contributed by atoms with van der Waals surface area (Å²) in [5, 5.41) is 14.7. The molecule has 0 aliphatic rings. The van der Waals surface area contributed by atoms with Crippen molar-refractivity contribution >= 4 is 21.9 Å². The van der Waals surface area contributed by atoms with E-state index in [0.717, 1.165) is 23.5 Å². The first-order valence-electron chi connectivity index (χ1n) is 5.85. The highest BCUT2D eigenvalue weighted by molar-refractivity contribution is 7.89. The predicted octanol–water partition coefficient (Wildman–Crippen LogP) is -1.23. The Morgan fingerprint density at radius 3 is 2.75 bits per heavy atom. The first-order valence-corrected chi connectivity index (χ1v) is 7.34. The number of hydrogen-bond donors (Lipinski definition) is 3. The van der Waals surface area contributed by atoms with E-state index < -0.39 is 28.4 Å². The summed E-state index contributed by atoms with van der Waals surface area (Å²) in [7, 11) is -3.88. The molecule has 1 amide bonds. The zero-order chi connectivity index (χ0) is 15.2. The van der Waals surface area contributed by atoms with E-state index in [1.54, 1.807) is 0 Å². The van der Waals surface area contributed by atoms with Gasteiger partial charge in [0, 0.05) is 12.7 Å². The Morgan fingerprint density at radius 2 is 2.15 bits per heavy atom. The summed E-state index contributed by atoms with van der Waals surface area (Å²) in [5.41, 5.74) is 0.